The van der Waals surface area contributed by atoms with Crippen LogP contribution in [0.25, 0.3) is 5.57 Å². The molecule has 4 rings (SSSR count). The van der Waals surface area contributed by atoms with E-state index in [1.807, 2.05) is 61.5 Å². The summed E-state index contributed by atoms with van der Waals surface area (Å²) in [5, 5.41) is 2.89. The number of para-hydroxylation sites is 1. The number of nitrogens with zero attached hydrogens (tertiary/aromatic N) is 1. The summed E-state index contributed by atoms with van der Waals surface area (Å²) in [4.78, 5) is 27.6. The van der Waals surface area contributed by atoms with Crippen molar-refractivity contribution in [3.8, 4) is 0 Å². The van der Waals surface area contributed by atoms with Gasteiger partial charge in [0.2, 0.25) is 0 Å². The summed E-state index contributed by atoms with van der Waals surface area (Å²) >= 11 is 0. The molecule has 0 saturated carbocycles. The third-order valence-corrected chi connectivity index (χ3v) is 5.57. The summed E-state index contributed by atoms with van der Waals surface area (Å²) in [5.74, 6) is -0.880. The van der Waals surface area contributed by atoms with E-state index in [1.165, 1.54) is 13.0 Å². The molecule has 31 heavy (non-hydrogen) atoms. The van der Waals surface area contributed by atoms with Gasteiger partial charge in [-0.15, -0.1) is 0 Å². The summed E-state index contributed by atoms with van der Waals surface area (Å²) in [6.45, 7) is 3.72. The van der Waals surface area contributed by atoms with Gasteiger partial charge in [-0.2, -0.15) is 0 Å². The highest BCUT2D eigenvalue weighted by atomic mass is 19.1. The molecule has 156 valence electrons. The van der Waals surface area contributed by atoms with Crippen LogP contribution in [0, 0.1) is 5.82 Å². The maximum atomic E-state index is 14.6. The Morgan fingerprint density at radius 1 is 0.935 bits per heavy atom. The Kier molecular flexibility index (Phi) is 5.67. The van der Waals surface area contributed by atoms with Gasteiger partial charge >= 0.3 is 0 Å². The Hall–Kier alpha value is -3.73. The first-order valence-corrected chi connectivity index (χ1v) is 10.1. The summed E-state index contributed by atoms with van der Waals surface area (Å²) < 4.78 is 14.6. The smallest absolute Gasteiger partial charge is 0.254 e. The molecular formula is C26H23FN2O2. The topological polar surface area (TPSA) is 49.4 Å². The zero-order valence-corrected chi connectivity index (χ0v) is 17.4. The molecule has 1 heterocycles. The molecular weight excluding hydrogens is 391 g/mol. The van der Waals surface area contributed by atoms with Crippen LogP contribution in [-0.4, -0.2) is 11.7 Å². The average Bonchev–Trinajstić information content (AvgIpc) is 2.78. The highest BCUT2D eigenvalue weighted by molar-refractivity contribution is 6.22. The zero-order chi connectivity index (χ0) is 22.0. The van der Waals surface area contributed by atoms with Crippen LogP contribution in [0.1, 0.15) is 36.6 Å². The number of amides is 1. The van der Waals surface area contributed by atoms with Gasteiger partial charge in [-0.25, -0.2) is 4.39 Å². The van der Waals surface area contributed by atoms with Crippen molar-refractivity contribution in [2.24, 2.45) is 0 Å². The number of carbonyl (C=O) groups excluding carboxylic acids is 2. The van der Waals surface area contributed by atoms with Gasteiger partial charge in [-0.3, -0.25) is 9.59 Å². The number of allylic oxidation sites excluding steroid dienone is 1. The highest BCUT2D eigenvalue weighted by Gasteiger charge is 2.30. The number of benzene rings is 3. The fourth-order valence-corrected chi connectivity index (χ4v) is 4.01. The van der Waals surface area contributed by atoms with E-state index in [4.69, 9.17) is 0 Å². The minimum absolute atomic E-state index is 0.159. The molecule has 1 aliphatic heterocycles. The third-order valence-electron chi connectivity index (χ3n) is 5.57. The van der Waals surface area contributed by atoms with Crippen molar-refractivity contribution in [3.05, 3.63) is 107 Å². The number of hydrogen-bond donors (Lipinski definition) is 1. The standard InChI is InChI=1S/C26H23FN2O2/c1-17-24(26(31)28-25(18(2)30)19-10-4-3-5-11-19)21-13-7-6-12-20(21)16-29(17)23-15-9-8-14-22(23)27/h3-15,25H,16H2,1-2H3,(H,28,31)/t25-/m1/s1. The normalized spacial score (nSPS) is 14.1. The lowest BCUT2D eigenvalue weighted by Crippen LogP contribution is -2.37. The van der Waals surface area contributed by atoms with Crippen LogP contribution in [0.3, 0.4) is 0 Å². The van der Waals surface area contributed by atoms with Crippen LogP contribution in [0.5, 0.6) is 0 Å². The molecule has 0 bridgehead atoms. The van der Waals surface area contributed by atoms with Crippen molar-refractivity contribution in [1.29, 1.82) is 0 Å². The number of fused-ring (bicyclic) bond motifs is 1. The Bertz CT molecular complexity index is 1170. The second-order valence-electron chi connectivity index (χ2n) is 7.58. The van der Waals surface area contributed by atoms with Gasteiger partial charge in [0.25, 0.3) is 5.91 Å². The fourth-order valence-electron chi connectivity index (χ4n) is 4.01. The van der Waals surface area contributed by atoms with Crippen molar-refractivity contribution >= 4 is 23.0 Å². The Balaban J connectivity index is 1.78. The molecule has 0 fully saturated rings. The quantitative estimate of drug-likeness (QED) is 0.638. The molecule has 0 aromatic heterocycles. The minimum Gasteiger partial charge on any atom is -0.338 e. The van der Waals surface area contributed by atoms with Gasteiger partial charge in [0, 0.05) is 12.2 Å². The summed E-state index contributed by atoms with van der Waals surface area (Å²) in [6, 6.07) is 22.5. The number of carbonyl (C=O) groups is 2. The Morgan fingerprint density at radius 3 is 2.29 bits per heavy atom. The van der Waals surface area contributed by atoms with Crippen molar-refractivity contribution < 1.29 is 14.0 Å². The Morgan fingerprint density at radius 2 is 1.58 bits per heavy atom. The van der Waals surface area contributed by atoms with Gasteiger partial charge in [-0.05, 0) is 42.7 Å². The molecule has 1 aliphatic rings. The van der Waals surface area contributed by atoms with E-state index in [-0.39, 0.29) is 17.5 Å². The largest absolute Gasteiger partial charge is 0.338 e. The molecule has 1 N–H and O–H groups in total. The zero-order valence-electron chi connectivity index (χ0n) is 17.4. The van der Waals surface area contributed by atoms with E-state index in [2.05, 4.69) is 5.32 Å². The molecule has 1 amide bonds. The lowest BCUT2D eigenvalue weighted by Gasteiger charge is -2.34. The first kappa shape index (κ1) is 20.5. The van der Waals surface area contributed by atoms with E-state index in [0.29, 0.717) is 23.5 Å². The third kappa shape index (κ3) is 3.99. The monoisotopic (exact) mass is 414 g/mol. The van der Waals surface area contributed by atoms with Crippen LogP contribution >= 0.6 is 0 Å². The van der Waals surface area contributed by atoms with E-state index in [9.17, 15) is 14.0 Å². The minimum atomic E-state index is -0.759. The molecule has 0 aliphatic carbocycles. The fraction of sp³-hybridized carbons (Fsp3) is 0.154. The first-order valence-electron chi connectivity index (χ1n) is 10.1. The van der Waals surface area contributed by atoms with E-state index < -0.39 is 6.04 Å². The number of rotatable bonds is 5. The summed E-state index contributed by atoms with van der Waals surface area (Å²) in [6.07, 6.45) is 0. The van der Waals surface area contributed by atoms with Gasteiger partial charge in [0.15, 0.2) is 5.78 Å². The van der Waals surface area contributed by atoms with E-state index in [1.54, 1.807) is 23.1 Å². The molecule has 0 spiro atoms. The van der Waals surface area contributed by atoms with Crippen LogP contribution in [0.2, 0.25) is 0 Å². The molecule has 0 saturated heterocycles. The maximum Gasteiger partial charge on any atom is 0.254 e. The summed E-state index contributed by atoms with van der Waals surface area (Å²) in [7, 11) is 0. The lowest BCUT2D eigenvalue weighted by atomic mass is 9.92. The molecule has 0 radical (unpaired) electrons. The van der Waals surface area contributed by atoms with Crippen molar-refractivity contribution in [2.75, 3.05) is 4.90 Å². The average molecular weight is 414 g/mol. The second-order valence-corrected chi connectivity index (χ2v) is 7.58. The molecule has 3 aromatic carbocycles. The van der Waals surface area contributed by atoms with Crippen LogP contribution in [0.15, 0.2) is 84.6 Å². The van der Waals surface area contributed by atoms with Crippen molar-refractivity contribution in [1.82, 2.24) is 5.32 Å². The van der Waals surface area contributed by atoms with Gasteiger partial charge in [0.1, 0.15) is 11.9 Å². The highest BCUT2D eigenvalue weighted by Crippen LogP contribution is 2.36. The maximum absolute atomic E-state index is 14.6. The number of ketones is 1. The predicted octanol–water partition coefficient (Wildman–Crippen LogP) is 5.02. The second kappa shape index (κ2) is 8.56. The molecule has 0 unspecified atom stereocenters. The number of halogens is 1. The van der Waals surface area contributed by atoms with E-state index in [0.717, 1.165) is 16.7 Å². The first-order chi connectivity index (χ1) is 15.0. The van der Waals surface area contributed by atoms with Gasteiger partial charge in [0.05, 0.1) is 11.3 Å². The van der Waals surface area contributed by atoms with Crippen molar-refractivity contribution in [2.45, 2.75) is 26.4 Å². The lowest BCUT2D eigenvalue weighted by molar-refractivity contribution is -0.124. The molecule has 1 atom stereocenters. The summed E-state index contributed by atoms with van der Waals surface area (Å²) in [5.41, 5.74) is 3.91. The molecule has 5 heteroatoms. The number of anilines is 1. The predicted molar refractivity (Wildman–Crippen MR) is 120 cm³/mol. The Labute approximate surface area is 181 Å². The van der Waals surface area contributed by atoms with Crippen molar-refractivity contribution in [3.63, 3.8) is 0 Å². The van der Waals surface area contributed by atoms with E-state index >= 15 is 0 Å². The van der Waals surface area contributed by atoms with Crippen LogP contribution in [-0.2, 0) is 16.1 Å². The van der Waals surface area contributed by atoms with Crippen LogP contribution < -0.4 is 10.2 Å². The molecule has 3 aromatic rings. The van der Waals surface area contributed by atoms with Gasteiger partial charge < -0.3 is 10.2 Å². The van der Waals surface area contributed by atoms with Gasteiger partial charge in [-0.1, -0.05) is 66.7 Å². The van der Waals surface area contributed by atoms with Crippen LogP contribution in [0.4, 0.5) is 10.1 Å². The number of hydrogen-bond acceptors (Lipinski definition) is 3. The molecule has 4 nitrogen and oxygen atoms in total. The number of nitrogens with one attached hydrogen (secondary N) is 1. The number of Topliss-reactive ketones (excluding diaryl/α,β-unsaturated/α-hetero) is 1. The SMILES string of the molecule is CC(=O)[C@@H](NC(=O)C1=C(C)N(c2ccccc2F)Cc2ccccc21)c1ccccc1.